The van der Waals surface area contributed by atoms with Crippen molar-refractivity contribution in [3.8, 4) is 17.0 Å². The van der Waals surface area contributed by atoms with Gasteiger partial charge in [0, 0.05) is 0 Å². The van der Waals surface area contributed by atoms with Gasteiger partial charge in [-0.3, -0.25) is 0 Å². The van der Waals surface area contributed by atoms with Crippen LogP contribution < -0.4 is 4.74 Å². The fourth-order valence-electron chi connectivity index (χ4n) is 1.58. The summed E-state index contributed by atoms with van der Waals surface area (Å²) in [6, 6.07) is 6.15. The number of aromatic nitrogens is 1. The third-order valence-electron chi connectivity index (χ3n) is 2.46. The summed E-state index contributed by atoms with van der Waals surface area (Å²) >= 11 is 0. The number of halogens is 2. The van der Waals surface area contributed by atoms with Crippen LogP contribution in [0.2, 0.25) is 0 Å². The molecule has 0 aliphatic heterocycles. The molecular weight excluding hydrogens is 258 g/mol. The van der Waals surface area contributed by atoms with E-state index in [-0.39, 0.29) is 17.0 Å². The molecule has 0 aliphatic carbocycles. The van der Waals surface area contributed by atoms with Crippen LogP contribution in [-0.2, 0) is 0 Å². The molecule has 2 rings (SSSR count). The van der Waals surface area contributed by atoms with Crippen LogP contribution in [0.15, 0.2) is 30.3 Å². The number of hydrogen-bond donors (Lipinski definition) is 0. The third kappa shape index (κ3) is 2.35. The van der Waals surface area contributed by atoms with Gasteiger partial charge in [-0.25, -0.2) is 8.78 Å². The molecule has 0 unspecified atom stereocenters. The minimum Gasteiger partial charge on any atom is -0.489 e. The van der Waals surface area contributed by atoms with Crippen LogP contribution in [-0.4, -0.2) is 17.0 Å². The Morgan fingerprint density at radius 2 is 2.00 bits per heavy atom. The van der Waals surface area contributed by atoms with Crippen LogP contribution >= 0.6 is 0 Å². The summed E-state index contributed by atoms with van der Waals surface area (Å²) in [6.45, 7) is 0. The third-order valence-corrected chi connectivity index (χ3v) is 2.46. The number of pyridine rings is 1. The van der Waals surface area contributed by atoms with Crippen molar-refractivity contribution < 1.29 is 18.4 Å². The molecule has 0 atom stereocenters. The first-order chi connectivity index (χ1) is 9.04. The number of rotatable bonds is 3. The molecule has 19 heavy (non-hydrogen) atoms. The summed E-state index contributed by atoms with van der Waals surface area (Å²) in [4.78, 5) is 13.7. The van der Waals surface area contributed by atoms with E-state index in [4.69, 9.17) is 4.74 Å². The van der Waals surface area contributed by atoms with Crippen molar-refractivity contribution in [3.63, 3.8) is 0 Å². The molecule has 1 aromatic heterocycles. The number of methoxy groups -OCH3 is 1. The second-order valence-corrected chi connectivity index (χ2v) is 3.58. The van der Waals surface area contributed by atoms with E-state index in [0.717, 1.165) is 6.07 Å². The minimum atomic E-state index is -1.10. The second kappa shape index (κ2) is 4.97. The highest BCUT2D eigenvalue weighted by Gasteiger charge is 2.21. The van der Waals surface area contributed by atoms with Crippen LogP contribution in [0.5, 0.6) is 5.75 Å². The molecule has 0 saturated heterocycles. The van der Waals surface area contributed by atoms with Crippen molar-refractivity contribution in [1.29, 1.82) is 0 Å². The molecule has 5 nitrogen and oxygen atoms in total. The smallest absolute Gasteiger partial charge is 0.406 e. The van der Waals surface area contributed by atoms with Crippen molar-refractivity contribution in [2.24, 2.45) is 0 Å². The van der Waals surface area contributed by atoms with E-state index in [9.17, 15) is 18.9 Å². The molecule has 7 heteroatoms. The average Bonchev–Trinajstić information content (AvgIpc) is 2.41. The summed E-state index contributed by atoms with van der Waals surface area (Å²) in [6.07, 6.45) is 0. The fraction of sp³-hybridized carbons (Fsp3) is 0.0833. The van der Waals surface area contributed by atoms with Crippen molar-refractivity contribution in [1.82, 2.24) is 4.98 Å². The van der Waals surface area contributed by atoms with E-state index >= 15 is 0 Å². The van der Waals surface area contributed by atoms with Crippen LogP contribution in [0, 0.1) is 21.7 Å². The Kier molecular flexibility index (Phi) is 3.37. The van der Waals surface area contributed by atoms with Gasteiger partial charge in [-0.2, -0.15) is 0 Å². The van der Waals surface area contributed by atoms with Crippen molar-refractivity contribution in [2.45, 2.75) is 0 Å². The molecule has 0 bridgehead atoms. The van der Waals surface area contributed by atoms with Gasteiger partial charge in [0.15, 0.2) is 17.3 Å². The fourth-order valence-corrected chi connectivity index (χ4v) is 1.58. The van der Waals surface area contributed by atoms with Crippen LogP contribution in [0.25, 0.3) is 11.3 Å². The average molecular weight is 266 g/mol. The van der Waals surface area contributed by atoms with E-state index in [1.807, 2.05) is 0 Å². The van der Waals surface area contributed by atoms with Gasteiger partial charge in [0.25, 0.3) is 0 Å². The predicted molar refractivity (Wildman–Crippen MR) is 62.8 cm³/mol. The van der Waals surface area contributed by atoms with E-state index < -0.39 is 22.4 Å². The maximum Gasteiger partial charge on any atom is 0.406 e. The maximum atomic E-state index is 13.6. The number of benzene rings is 1. The summed E-state index contributed by atoms with van der Waals surface area (Å²) < 4.78 is 31.5. The van der Waals surface area contributed by atoms with Gasteiger partial charge in [0.1, 0.15) is 0 Å². The lowest BCUT2D eigenvalue weighted by Gasteiger charge is -2.03. The van der Waals surface area contributed by atoms with Gasteiger partial charge in [-0.1, -0.05) is 6.07 Å². The zero-order valence-electron chi connectivity index (χ0n) is 9.76. The highest BCUT2D eigenvalue weighted by Crippen LogP contribution is 2.30. The van der Waals surface area contributed by atoms with Crippen molar-refractivity contribution in [3.05, 3.63) is 52.1 Å². The Morgan fingerprint density at radius 3 is 2.63 bits per heavy atom. The topological polar surface area (TPSA) is 65.3 Å². The highest BCUT2D eigenvalue weighted by molar-refractivity contribution is 5.63. The Labute approximate surface area is 106 Å². The van der Waals surface area contributed by atoms with Gasteiger partial charge in [-0.15, -0.1) is 0 Å². The van der Waals surface area contributed by atoms with Crippen LogP contribution in [0.4, 0.5) is 14.6 Å². The maximum absolute atomic E-state index is 13.6. The molecule has 0 spiro atoms. The van der Waals surface area contributed by atoms with Gasteiger partial charge in [-0.05, 0) is 34.2 Å². The molecule has 1 aromatic carbocycles. The quantitative estimate of drug-likeness (QED) is 0.632. The van der Waals surface area contributed by atoms with Gasteiger partial charge >= 0.3 is 5.82 Å². The number of ether oxygens (including phenoxy) is 1. The second-order valence-electron chi connectivity index (χ2n) is 3.58. The molecule has 1 heterocycles. The van der Waals surface area contributed by atoms with E-state index in [1.165, 1.54) is 31.4 Å². The molecule has 0 radical (unpaired) electrons. The molecule has 0 N–H and O–H groups in total. The molecule has 0 fully saturated rings. The first kappa shape index (κ1) is 12.9. The monoisotopic (exact) mass is 266 g/mol. The van der Waals surface area contributed by atoms with Gasteiger partial charge in [0.2, 0.25) is 5.75 Å². The van der Waals surface area contributed by atoms with E-state index in [1.54, 1.807) is 0 Å². The first-order valence-corrected chi connectivity index (χ1v) is 5.18. The van der Waals surface area contributed by atoms with E-state index in [0.29, 0.717) is 0 Å². The Bertz CT molecular complexity index is 647. The molecule has 2 aromatic rings. The van der Waals surface area contributed by atoms with Gasteiger partial charge in [0.05, 0.1) is 12.7 Å². The van der Waals surface area contributed by atoms with E-state index in [2.05, 4.69) is 4.98 Å². The van der Waals surface area contributed by atoms with Crippen LogP contribution in [0.3, 0.4) is 0 Å². The largest absolute Gasteiger partial charge is 0.489 e. The lowest BCUT2D eigenvalue weighted by Crippen LogP contribution is -1.99. The van der Waals surface area contributed by atoms with Crippen molar-refractivity contribution in [2.75, 3.05) is 7.11 Å². The lowest BCUT2D eigenvalue weighted by atomic mass is 10.1. The normalized spacial score (nSPS) is 10.3. The zero-order valence-corrected chi connectivity index (χ0v) is 9.76. The zero-order chi connectivity index (χ0) is 14.0. The van der Waals surface area contributed by atoms with Crippen LogP contribution in [0.1, 0.15) is 0 Å². The molecule has 98 valence electrons. The number of nitrogens with zero attached hydrogens (tertiary/aromatic N) is 2. The lowest BCUT2D eigenvalue weighted by molar-refractivity contribution is -0.390. The SMILES string of the molecule is COc1ccc(-c2cccc(F)c2F)nc1[N+](=O)[O-]. The molecule has 0 aliphatic rings. The number of hydrogen-bond acceptors (Lipinski definition) is 4. The van der Waals surface area contributed by atoms with Crippen molar-refractivity contribution >= 4 is 5.82 Å². The Balaban J connectivity index is 2.61. The highest BCUT2D eigenvalue weighted by atomic mass is 19.2. The Morgan fingerprint density at radius 1 is 1.26 bits per heavy atom. The number of nitro groups is 1. The summed E-state index contributed by atoms with van der Waals surface area (Å²) in [7, 11) is 1.26. The molecule has 0 amide bonds. The summed E-state index contributed by atoms with van der Waals surface area (Å²) in [5.74, 6) is -2.75. The molecule has 0 saturated carbocycles. The Hall–Kier alpha value is -2.57. The summed E-state index contributed by atoms with van der Waals surface area (Å²) in [5.41, 5.74) is -0.185. The molecular formula is C12H8F2N2O3. The first-order valence-electron chi connectivity index (χ1n) is 5.18. The standard InChI is InChI=1S/C12H8F2N2O3/c1-19-10-6-5-9(15-12(10)16(17)18)7-3-2-4-8(13)11(7)14/h2-6H,1H3. The summed E-state index contributed by atoms with van der Waals surface area (Å²) in [5, 5.41) is 10.8. The predicted octanol–water partition coefficient (Wildman–Crippen LogP) is 2.94. The van der Waals surface area contributed by atoms with Gasteiger partial charge < -0.3 is 14.9 Å². The minimum absolute atomic E-state index is 0.0375.